The number of carbonyl (C=O) groups is 1. The second-order valence-corrected chi connectivity index (χ2v) is 8.28. The molecule has 0 spiro atoms. The quantitative estimate of drug-likeness (QED) is 0.322. The zero-order valence-corrected chi connectivity index (χ0v) is 16.0. The van der Waals surface area contributed by atoms with Gasteiger partial charge in [0.15, 0.2) is 0 Å². The van der Waals surface area contributed by atoms with E-state index in [9.17, 15) is 17.8 Å². The summed E-state index contributed by atoms with van der Waals surface area (Å²) < 4.78 is 33.9. The number of hydrogen-bond donors (Lipinski definition) is 1. The Kier molecular flexibility index (Phi) is 6.54. The van der Waals surface area contributed by atoms with Crippen molar-refractivity contribution in [3.8, 4) is 0 Å². The van der Waals surface area contributed by atoms with Gasteiger partial charge in [0.1, 0.15) is 0 Å². The van der Waals surface area contributed by atoms with Crippen molar-refractivity contribution < 1.29 is 17.8 Å². The number of carbonyl (C=O) groups excluding carboxylic acids is 1. The van der Waals surface area contributed by atoms with Crippen LogP contribution in [0.2, 0.25) is 0 Å². The minimum Gasteiger partial charge on any atom is -0.748 e. The Bertz CT molecular complexity index is 573. The maximum atomic E-state index is 11.8. The van der Waals surface area contributed by atoms with E-state index in [1.54, 1.807) is 6.07 Å². The topological polar surface area (TPSA) is 86.3 Å². The van der Waals surface area contributed by atoms with Crippen LogP contribution in [0.5, 0.6) is 0 Å². The first-order valence-electron chi connectivity index (χ1n) is 4.57. The third-order valence-electron chi connectivity index (χ3n) is 1.88. The van der Waals surface area contributed by atoms with Crippen LogP contribution in [0.3, 0.4) is 0 Å². The van der Waals surface area contributed by atoms with Gasteiger partial charge in [0.25, 0.3) is 5.91 Å². The highest BCUT2D eigenvalue weighted by Crippen LogP contribution is 2.22. The van der Waals surface area contributed by atoms with Crippen LogP contribution in [0.15, 0.2) is 12.1 Å². The van der Waals surface area contributed by atoms with Crippen molar-refractivity contribution in [2.24, 2.45) is 0 Å². The molecule has 1 aromatic rings. The molecular formula is C9H7I3NO4S-. The van der Waals surface area contributed by atoms with E-state index in [0.717, 1.165) is 10.7 Å². The smallest absolute Gasteiger partial charge is 0.252 e. The summed E-state index contributed by atoms with van der Waals surface area (Å²) in [5.74, 6) is -0.976. The van der Waals surface area contributed by atoms with E-state index in [0.29, 0.717) is 5.56 Å². The third kappa shape index (κ3) is 5.42. The molecule has 0 aliphatic rings. The molecule has 1 N–H and O–H groups in total. The van der Waals surface area contributed by atoms with Crippen LogP contribution in [-0.2, 0) is 10.1 Å². The van der Waals surface area contributed by atoms with Crippen LogP contribution in [0.4, 0.5) is 0 Å². The van der Waals surface area contributed by atoms with E-state index >= 15 is 0 Å². The molecule has 0 aromatic heterocycles. The van der Waals surface area contributed by atoms with Crippen LogP contribution in [0.25, 0.3) is 0 Å². The summed E-state index contributed by atoms with van der Waals surface area (Å²) in [6, 6.07) is 3.65. The van der Waals surface area contributed by atoms with Gasteiger partial charge in [-0.15, -0.1) is 0 Å². The number of benzene rings is 1. The largest absolute Gasteiger partial charge is 0.748 e. The van der Waals surface area contributed by atoms with Crippen LogP contribution < -0.4 is 5.32 Å². The maximum Gasteiger partial charge on any atom is 0.252 e. The average Bonchev–Trinajstić information content (AvgIpc) is 2.21. The molecule has 0 aliphatic carbocycles. The molecule has 9 heteroatoms. The Balaban J connectivity index is 2.79. The van der Waals surface area contributed by atoms with Gasteiger partial charge in [-0.3, -0.25) is 4.79 Å². The Hall–Kier alpha value is 0.790. The molecule has 0 unspecified atom stereocenters. The molecule has 0 fully saturated rings. The first-order valence-corrected chi connectivity index (χ1v) is 9.38. The highest BCUT2D eigenvalue weighted by molar-refractivity contribution is 14.1. The van der Waals surface area contributed by atoms with Crippen molar-refractivity contribution in [1.82, 2.24) is 5.32 Å². The number of halogens is 3. The van der Waals surface area contributed by atoms with E-state index in [1.165, 1.54) is 0 Å². The molecule has 0 bridgehead atoms. The first-order chi connectivity index (χ1) is 8.20. The lowest BCUT2D eigenvalue weighted by molar-refractivity contribution is 0.0955. The molecule has 18 heavy (non-hydrogen) atoms. The average molecular weight is 606 g/mol. The first kappa shape index (κ1) is 16.8. The molecule has 0 saturated carbocycles. The maximum absolute atomic E-state index is 11.8. The molecule has 0 saturated heterocycles. The van der Waals surface area contributed by atoms with Crippen molar-refractivity contribution in [3.63, 3.8) is 0 Å². The zero-order chi connectivity index (χ0) is 13.9. The van der Waals surface area contributed by atoms with E-state index in [4.69, 9.17) is 0 Å². The number of rotatable bonds is 4. The minimum atomic E-state index is -4.30. The van der Waals surface area contributed by atoms with Gasteiger partial charge in [-0.25, -0.2) is 8.42 Å². The van der Waals surface area contributed by atoms with Crippen LogP contribution in [0.1, 0.15) is 10.4 Å². The fourth-order valence-electron chi connectivity index (χ4n) is 1.11. The highest BCUT2D eigenvalue weighted by Gasteiger charge is 2.13. The van der Waals surface area contributed by atoms with Gasteiger partial charge in [0.2, 0.25) is 0 Å². The van der Waals surface area contributed by atoms with Crippen molar-refractivity contribution in [2.45, 2.75) is 0 Å². The van der Waals surface area contributed by atoms with Gasteiger partial charge < -0.3 is 9.87 Å². The predicted octanol–water partition coefficient (Wildman–Crippen LogP) is 1.78. The summed E-state index contributed by atoms with van der Waals surface area (Å²) in [5.41, 5.74) is 0.482. The summed E-state index contributed by atoms with van der Waals surface area (Å²) in [7, 11) is -4.30. The molecule has 100 valence electrons. The standard InChI is InChI=1S/C9H8I3NO4S/c10-5-3-6(8(12)7(11)4-5)9(14)13-1-2-18(15,16)17/h3-4H,1-2H2,(H,13,14)(H,15,16,17)/p-1. The number of nitrogens with one attached hydrogen (secondary N) is 1. The lowest BCUT2D eigenvalue weighted by Crippen LogP contribution is -2.29. The number of hydrogen-bond acceptors (Lipinski definition) is 4. The van der Waals surface area contributed by atoms with Crippen molar-refractivity contribution in [3.05, 3.63) is 28.4 Å². The summed E-state index contributed by atoms with van der Waals surface area (Å²) in [6.07, 6.45) is 0. The normalized spacial score (nSPS) is 11.3. The van der Waals surface area contributed by atoms with Gasteiger partial charge >= 0.3 is 0 Å². The van der Waals surface area contributed by atoms with Crippen LogP contribution in [-0.4, -0.2) is 31.2 Å². The molecule has 1 aromatic carbocycles. The summed E-state index contributed by atoms with van der Waals surface area (Å²) in [6.45, 7) is -0.178. The molecule has 5 nitrogen and oxygen atoms in total. The van der Waals surface area contributed by atoms with Gasteiger partial charge in [-0.05, 0) is 79.9 Å². The van der Waals surface area contributed by atoms with Gasteiger partial charge in [0, 0.05) is 17.3 Å². The van der Waals surface area contributed by atoms with Crippen molar-refractivity contribution in [2.75, 3.05) is 12.3 Å². The Labute approximate surface area is 146 Å². The van der Waals surface area contributed by atoms with Crippen LogP contribution in [0, 0.1) is 10.7 Å². The van der Waals surface area contributed by atoms with E-state index < -0.39 is 15.9 Å². The SMILES string of the molecule is O=C(NCCS(=O)(=O)[O-])c1cc(I)cc(I)c1I. The van der Waals surface area contributed by atoms with E-state index in [-0.39, 0.29) is 12.5 Å². The monoisotopic (exact) mass is 606 g/mol. The van der Waals surface area contributed by atoms with Gasteiger partial charge in [-0.2, -0.15) is 0 Å². The Morgan fingerprint density at radius 3 is 2.44 bits per heavy atom. The predicted molar refractivity (Wildman–Crippen MR) is 91.5 cm³/mol. The zero-order valence-electron chi connectivity index (χ0n) is 8.74. The fraction of sp³-hybridized carbons (Fsp3) is 0.222. The summed E-state index contributed by atoms with van der Waals surface area (Å²) in [4.78, 5) is 11.8. The molecule has 0 aliphatic heterocycles. The summed E-state index contributed by atoms with van der Waals surface area (Å²) >= 11 is 6.27. The third-order valence-corrected chi connectivity index (χ3v) is 6.25. The molecule has 0 heterocycles. The second kappa shape index (κ2) is 6.99. The van der Waals surface area contributed by atoms with Crippen molar-refractivity contribution in [1.29, 1.82) is 0 Å². The molecule has 1 rings (SSSR count). The molecule has 1 amide bonds. The minimum absolute atomic E-state index is 0.178. The van der Waals surface area contributed by atoms with E-state index in [2.05, 4.69) is 73.1 Å². The lowest BCUT2D eigenvalue weighted by Gasteiger charge is -2.10. The Morgan fingerprint density at radius 1 is 1.28 bits per heavy atom. The van der Waals surface area contributed by atoms with Crippen molar-refractivity contribution >= 4 is 83.8 Å². The van der Waals surface area contributed by atoms with Crippen LogP contribution >= 0.6 is 67.8 Å². The van der Waals surface area contributed by atoms with Gasteiger partial charge in [0.05, 0.1) is 21.4 Å². The van der Waals surface area contributed by atoms with E-state index in [1.807, 2.05) is 6.07 Å². The molecular weight excluding hydrogens is 599 g/mol. The molecule has 0 atom stereocenters. The summed E-state index contributed by atoms with van der Waals surface area (Å²) in [5, 5.41) is 2.42. The second-order valence-electron chi connectivity index (χ2n) is 3.27. The Morgan fingerprint density at radius 2 is 1.89 bits per heavy atom. The lowest BCUT2D eigenvalue weighted by atomic mass is 10.2. The highest BCUT2D eigenvalue weighted by atomic mass is 127. The number of amides is 1. The fourth-order valence-corrected chi connectivity index (χ4v) is 3.86. The van der Waals surface area contributed by atoms with Gasteiger partial charge in [-0.1, -0.05) is 0 Å². The molecule has 0 radical (unpaired) electrons.